The number of amidine groups is 1. The van der Waals surface area contributed by atoms with Gasteiger partial charge in [0.05, 0.1) is 11.6 Å². The third-order valence-electron chi connectivity index (χ3n) is 4.06. The van der Waals surface area contributed by atoms with E-state index in [1.54, 1.807) is 12.2 Å². The molecule has 2 aliphatic rings. The number of anilines is 1. The van der Waals surface area contributed by atoms with Crippen LogP contribution in [0.1, 0.15) is 19.8 Å². The lowest BCUT2D eigenvalue weighted by Crippen LogP contribution is -2.47. The first-order chi connectivity index (χ1) is 12.6. The third kappa shape index (κ3) is 3.93. The Morgan fingerprint density at radius 3 is 2.81 bits per heavy atom. The van der Waals surface area contributed by atoms with Crippen molar-refractivity contribution in [1.82, 2.24) is 4.90 Å². The van der Waals surface area contributed by atoms with Gasteiger partial charge in [-0.25, -0.2) is 14.0 Å². The summed E-state index contributed by atoms with van der Waals surface area (Å²) in [6.07, 6.45) is 8.91. The number of aliphatic imine (C=N–C) groups is 2. The fourth-order valence-electron chi connectivity index (χ4n) is 2.74. The van der Waals surface area contributed by atoms with Gasteiger partial charge in [0.15, 0.2) is 0 Å². The molecule has 0 aromatic heterocycles. The number of benzene rings is 1. The number of hydrogen-bond donors (Lipinski definition) is 1. The zero-order valence-corrected chi connectivity index (χ0v) is 14.4. The molecule has 3 rings (SSSR count). The van der Waals surface area contributed by atoms with Crippen LogP contribution in [0.25, 0.3) is 0 Å². The monoisotopic (exact) mass is 354 g/mol. The Kier molecular flexibility index (Phi) is 5.36. The number of rotatable bonds is 4. The van der Waals surface area contributed by atoms with Crippen LogP contribution in [0.15, 0.2) is 58.6 Å². The van der Waals surface area contributed by atoms with E-state index < -0.39 is 17.9 Å². The van der Waals surface area contributed by atoms with Crippen LogP contribution in [0.5, 0.6) is 0 Å². The SMILES string of the molecule is CCCCN1C(=O)N=C2C=CC=CC2/C1=N/C(=O)Nc1ccc(F)cc1. The molecule has 1 N–H and O–H groups in total. The van der Waals surface area contributed by atoms with Crippen LogP contribution in [0, 0.1) is 11.7 Å². The van der Waals surface area contributed by atoms with E-state index in [9.17, 15) is 14.0 Å². The Labute approximate surface area is 150 Å². The van der Waals surface area contributed by atoms with Crippen LogP contribution in [0.4, 0.5) is 19.7 Å². The number of hydrogen-bond acceptors (Lipinski definition) is 2. The molecule has 1 aromatic rings. The highest BCUT2D eigenvalue weighted by molar-refractivity contribution is 6.24. The molecule has 1 aromatic carbocycles. The minimum atomic E-state index is -0.620. The van der Waals surface area contributed by atoms with E-state index in [1.165, 1.54) is 29.2 Å². The Hall–Kier alpha value is -3.09. The summed E-state index contributed by atoms with van der Waals surface area (Å²) in [5.74, 6) is -0.375. The maximum Gasteiger partial charge on any atom is 0.349 e. The number of nitrogens with one attached hydrogen (secondary N) is 1. The normalized spacial score (nSPS) is 20.2. The van der Waals surface area contributed by atoms with Crippen LogP contribution >= 0.6 is 0 Å². The number of nitrogens with zero attached hydrogens (tertiary/aromatic N) is 3. The lowest BCUT2D eigenvalue weighted by atomic mass is 9.94. The van der Waals surface area contributed by atoms with Gasteiger partial charge in [-0.15, -0.1) is 0 Å². The topological polar surface area (TPSA) is 74.1 Å². The first-order valence-corrected chi connectivity index (χ1v) is 8.48. The largest absolute Gasteiger partial charge is 0.349 e. The summed E-state index contributed by atoms with van der Waals surface area (Å²) >= 11 is 0. The lowest BCUT2D eigenvalue weighted by Gasteiger charge is -2.31. The van der Waals surface area contributed by atoms with E-state index in [1.807, 2.05) is 19.1 Å². The highest BCUT2D eigenvalue weighted by Gasteiger charge is 2.34. The van der Waals surface area contributed by atoms with Gasteiger partial charge in [0.1, 0.15) is 11.7 Å². The number of allylic oxidation sites excluding steroid dienone is 3. The molecule has 7 heteroatoms. The molecule has 0 saturated heterocycles. The van der Waals surface area contributed by atoms with Crippen molar-refractivity contribution in [1.29, 1.82) is 0 Å². The Morgan fingerprint density at radius 2 is 2.08 bits per heavy atom. The molecule has 1 aliphatic heterocycles. The summed E-state index contributed by atoms with van der Waals surface area (Å²) in [7, 11) is 0. The van der Waals surface area contributed by atoms with Crippen molar-refractivity contribution < 1.29 is 14.0 Å². The molecule has 0 radical (unpaired) electrons. The second kappa shape index (κ2) is 7.86. The fourth-order valence-corrected chi connectivity index (χ4v) is 2.74. The molecule has 4 amide bonds. The van der Waals surface area contributed by atoms with Gasteiger partial charge in [-0.1, -0.05) is 31.6 Å². The minimum Gasteiger partial charge on any atom is -0.306 e. The lowest BCUT2D eigenvalue weighted by molar-refractivity contribution is 0.227. The average molecular weight is 354 g/mol. The van der Waals surface area contributed by atoms with Gasteiger partial charge in [-0.3, -0.25) is 4.90 Å². The van der Waals surface area contributed by atoms with Gasteiger partial charge in [0.25, 0.3) is 0 Å². The molecule has 0 saturated carbocycles. The number of amides is 4. The summed E-state index contributed by atoms with van der Waals surface area (Å²) in [5, 5.41) is 2.59. The Balaban J connectivity index is 1.87. The van der Waals surface area contributed by atoms with Gasteiger partial charge in [-0.05, 0) is 36.8 Å². The van der Waals surface area contributed by atoms with Crippen LogP contribution in [0.2, 0.25) is 0 Å². The number of halogens is 1. The molecule has 1 heterocycles. The Bertz CT molecular complexity index is 824. The third-order valence-corrected chi connectivity index (χ3v) is 4.06. The van der Waals surface area contributed by atoms with Gasteiger partial charge >= 0.3 is 12.1 Å². The smallest absolute Gasteiger partial charge is 0.306 e. The van der Waals surface area contributed by atoms with E-state index in [0.717, 1.165) is 12.8 Å². The molecule has 0 fully saturated rings. The molecule has 1 aliphatic carbocycles. The second-order valence-electron chi connectivity index (χ2n) is 5.95. The standard InChI is InChI=1S/C19H19FN4O2/c1-2-3-12-24-17(15-6-4-5-7-16(15)22-19(24)26)23-18(25)21-14-10-8-13(20)9-11-14/h4-11,15H,2-3,12H2,1H3,(H,21,25)/b23-17-. The van der Waals surface area contributed by atoms with Crippen LogP contribution in [0.3, 0.4) is 0 Å². The zero-order valence-electron chi connectivity index (χ0n) is 14.4. The Morgan fingerprint density at radius 1 is 1.31 bits per heavy atom. The van der Waals surface area contributed by atoms with Crippen LogP contribution < -0.4 is 5.32 Å². The summed E-state index contributed by atoms with van der Waals surface area (Å²) in [4.78, 5) is 34.4. The molecular weight excluding hydrogens is 335 g/mol. The van der Waals surface area contributed by atoms with Crippen molar-refractivity contribution in [3.63, 3.8) is 0 Å². The van der Waals surface area contributed by atoms with E-state index in [4.69, 9.17) is 0 Å². The zero-order chi connectivity index (χ0) is 18.5. The first-order valence-electron chi connectivity index (χ1n) is 8.48. The molecule has 26 heavy (non-hydrogen) atoms. The molecule has 134 valence electrons. The van der Waals surface area contributed by atoms with Crippen molar-refractivity contribution in [3.05, 3.63) is 54.4 Å². The van der Waals surface area contributed by atoms with E-state index >= 15 is 0 Å². The van der Waals surface area contributed by atoms with Crippen molar-refractivity contribution in [3.8, 4) is 0 Å². The number of fused-ring (bicyclic) bond motifs is 1. The predicted molar refractivity (Wildman–Crippen MR) is 99.1 cm³/mol. The van der Waals surface area contributed by atoms with E-state index in [0.29, 0.717) is 23.8 Å². The summed E-state index contributed by atoms with van der Waals surface area (Å²) in [6.45, 7) is 2.47. The molecule has 0 spiro atoms. The minimum absolute atomic E-state index is 0.339. The van der Waals surface area contributed by atoms with Crippen molar-refractivity contribution in [2.75, 3.05) is 11.9 Å². The van der Waals surface area contributed by atoms with E-state index in [2.05, 4.69) is 15.3 Å². The summed E-state index contributed by atoms with van der Waals surface area (Å²) < 4.78 is 13.0. The van der Waals surface area contributed by atoms with Crippen molar-refractivity contribution in [2.24, 2.45) is 15.9 Å². The van der Waals surface area contributed by atoms with E-state index in [-0.39, 0.29) is 5.92 Å². The fraction of sp³-hybridized carbons (Fsp3) is 0.263. The summed E-state index contributed by atoms with van der Waals surface area (Å²) in [5.41, 5.74) is 0.995. The van der Waals surface area contributed by atoms with Gasteiger partial charge < -0.3 is 5.32 Å². The molecule has 6 nitrogen and oxygen atoms in total. The molecule has 0 bridgehead atoms. The van der Waals surface area contributed by atoms with Crippen molar-refractivity contribution >= 4 is 29.3 Å². The first kappa shape index (κ1) is 17.7. The van der Waals surface area contributed by atoms with Crippen LogP contribution in [-0.2, 0) is 0 Å². The maximum absolute atomic E-state index is 13.0. The van der Waals surface area contributed by atoms with Gasteiger partial charge in [0.2, 0.25) is 0 Å². The molecule has 1 unspecified atom stereocenters. The molecular formula is C19H19FN4O2. The van der Waals surface area contributed by atoms with Gasteiger partial charge in [-0.2, -0.15) is 9.98 Å². The highest BCUT2D eigenvalue weighted by Crippen LogP contribution is 2.22. The second-order valence-corrected chi connectivity index (χ2v) is 5.95. The maximum atomic E-state index is 13.0. The quantitative estimate of drug-likeness (QED) is 0.881. The van der Waals surface area contributed by atoms with Crippen LogP contribution in [-0.4, -0.2) is 35.1 Å². The number of carbonyl (C=O) groups is 2. The predicted octanol–water partition coefficient (Wildman–Crippen LogP) is 4.18. The van der Waals surface area contributed by atoms with Gasteiger partial charge in [0, 0.05) is 12.2 Å². The average Bonchev–Trinajstić information content (AvgIpc) is 2.63. The van der Waals surface area contributed by atoms with Crippen molar-refractivity contribution in [2.45, 2.75) is 19.8 Å². The number of unbranched alkanes of at least 4 members (excludes halogenated alkanes) is 1. The highest BCUT2D eigenvalue weighted by atomic mass is 19.1. The molecule has 1 atom stereocenters. The summed E-state index contributed by atoms with van der Waals surface area (Å²) in [6, 6.07) is 4.36. The number of urea groups is 2. The number of carbonyl (C=O) groups excluding carboxylic acids is 2.